The fourth-order valence-corrected chi connectivity index (χ4v) is 2.90. The highest BCUT2D eigenvalue weighted by molar-refractivity contribution is 5.57. The minimum absolute atomic E-state index is 0.245. The second-order valence-corrected chi connectivity index (χ2v) is 6.90. The maximum atomic E-state index is 11.4. The van der Waals surface area contributed by atoms with Crippen molar-refractivity contribution in [1.82, 2.24) is 39.3 Å². The third kappa shape index (κ3) is 3.47. The van der Waals surface area contributed by atoms with Crippen LogP contribution in [0.5, 0.6) is 5.88 Å². The Morgan fingerprint density at radius 1 is 1.31 bits per heavy atom. The SMILES string of the molecule is Cn1cc(CNc2nc(=NC3CC3)n3nc/c(=C\c4[nH]c(=O)[nH]c4O)c3n2)cn1. The summed E-state index contributed by atoms with van der Waals surface area (Å²) in [6.07, 6.45) is 8.92. The molecule has 0 atom stereocenters. The number of aromatic amines is 2. The van der Waals surface area contributed by atoms with Crippen molar-refractivity contribution in [2.24, 2.45) is 12.0 Å². The number of aryl methyl sites for hydroxylation is 1. The van der Waals surface area contributed by atoms with E-state index in [4.69, 9.17) is 0 Å². The van der Waals surface area contributed by atoms with E-state index in [1.54, 1.807) is 27.7 Å². The van der Waals surface area contributed by atoms with E-state index in [1.165, 1.54) is 0 Å². The number of aromatic nitrogens is 8. The molecule has 12 heteroatoms. The first-order valence-electron chi connectivity index (χ1n) is 9.09. The minimum atomic E-state index is -0.497. The molecule has 0 spiro atoms. The Morgan fingerprint density at radius 3 is 2.86 bits per heavy atom. The van der Waals surface area contributed by atoms with Gasteiger partial charge in [-0.25, -0.2) is 9.79 Å². The van der Waals surface area contributed by atoms with E-state index in [0.717, 1.165) is 18.4 Å². The second-order valence-electron chi connectivity index (χ2n) is 6.90. The average Bonchev–Trinajstić information content (AvgIpc) is 3.10. The average molecular weight is 394 g/mol. The van der Waals surface area contributed by atoms with Gasteiger partial charge in [0, 0.05) is 30.6 Å². The summed E-state index contributed by atoms with van der Waals surface area (Å²) in [5, 5.41) is 22.1. The Bertz CT molecular complexity index is 1370. The molecule has 1 aliphatic carbocycles. The van der Waals surface area contributed by atoms with Gasteiger partial charge in [0.2, 0.25) is 11.8 Å². The van der Waals surface area contributed by atoms with Gasteiger partial charge < -0.3 is 15.4 Å². The highest BCUT2D eigenvalue weighted by atomic mass is 16.3. The first kappa shape index (κ1) is 17.2. The van der Waals surface area contributed by atoms with Crippen LogP contribution in [0.4, 0.5) is 5.95 Å². The van der Waals surface area contributed by atoms with Crippen LogP contribution < -0.4 is 21.8 Å². The van der Waals surface area contributed by atoms with Gasteiger partial charge in [-0.15, -0.1) is 0 Å². The molecule has 1 saturated carbocycles. The summed E-state index contributed by atoms with van der Waals surface area (Å²) in [5.74, 6) is 0.156. The Hall–Kier alpha value is -3.96. The molecule has 0 aromatic carbocycles. The maximum absolute atomic E-state index is 11.4. The molecule has 1 fully saturated rings. The Labute approximate surface area is 162 Å². The number of nitrogens with one attached hydrogen (secondary N) is 3. The third-order valence-corrected chi connectivity index (χ3v) is 4.47. The van der Waals surface area contributed by atoms with Crippen LogP contribution in [-0.4, -0.2) is 50.5 Å². The first-order chi connectivity index (χ1) is 14.0. The number of H-pyrrole nitrogens is 2. The van der Waals surface area contributed by atoms with E-state index < -0.39 is 5.69 Å². The van der Waals surface area contributed by atoms with Crippen LogP contribution in [0, 0.1) is 0 Å². The summed E-state index contributed by atoms with van der Waals surface area (Å²) in [4.78, 5) is 29.9. The number of rotatable bonds is 5. The summed E-state index contributed by atoms with van der Waals surface area (Å²) in [6.45, 7) is 0.506. The Kier molecular flexibility index (Phi) is 3.89. The number of anilines is 1. The van der Waals surface area contributed by atoms with Crippen LogP contribution in [0.3, 0.4) is 0 Å². The van der Waals surface area contributed by atoms with Gasteiger partial charge >= 0.3 is 5.69 Å². The van der Waals surface area contributed by atoms with Crippen LogP contribution in [-0.2, 0) is 13.6 Å². The van der Waals surface area contributed by atoms with E-state index in [9.17, 15) is 9.90 Å². The van der Waals surface area contributed by atoms with Crippen molar-refractivity contribution < 1.29 is 5.11 Å². The van der Waals surface area contributed by atoms with Crippen LogP contribution >= 0.6 is 0 Å². The molecule has 4 N–H and O–H groups in total. The van der Waals surface area contributed by atoms with E-state index >= 15 is 0 Å². The molecule has 1 aliphatic rings. The summed E-state index contributed by atoms with van der Waals surface area (Å²) in [5.41, 5.74) is 1.70. The van der Waals surface area contributed by atoms with Crippen LogP contribution in [0.1, 0.15) is 24.1 Å². The zero-order valence-electron chi connectivity index (χ0n) is 15.5. The normalized spacial score (nSPS) is 15.5. The number of fused-ring (bicyclic) bond motifs is 1. The molecule has 0 saturated heterocycles. The fraction of sp³-hybridized carbons (Fsp3) is 0.294. The van der Waals surface area contributed by atoms with Gasteiger partial charge in [0.05, 0.1) is 18.4 Å². The standard InChI is InChI=1S/C17H18N10O2/c1-26-8-9(6-19-26)5-18-15-23-13-10(4-12-14(28)24-17(29)22-12)7-20-27(13)16(25-15)21-11-2-3-11/h4,6-8,11,28H,2-3,5H2,1H3,(H,18,21,25)(H2,22,24,29)/b10-4+. The highest BCUT2D eigenvalue weighted by Crippen LogP contribution is 2.22. The predicted octanol–water partition coefficient (Wildman–Crippen LogP) is -1.20. The largest absolute Gasteiger partial charge is 0.493 e. The van der Waals surface area contributed by atoms with E-state index in [-0.39, 0.29) is 17.6 Å². The van der Waals surface area contributed by atoms with Crippen molar-refractivity contribution in [3.05, 3.63) is 51.2 Å². The fourth-order valence-electron chi connectivity index (χ4n) is 2.90. The van der Waals surface area contributed by atoms with Crippen molar-refractivity contribution >= 4 is 17.7 Å². The van der Waals surface area contributed by atoms with Gasteiger partial charge in [0.1, 0.15) is 5.69 Å². The predicted molar refractivity (Wildman–Crippen MR) is 102 cm³/mol. The van der Waals surface area contributed by atoms with Gasteiger partial charge in [0.15, 0.2) is 5.65 Å². The van der Waals surface area contributed by atoms with Gasteiger partial charge in [-0.2, -0.15) is 24.7 Å². The molecule has 29 heavy (non-hydrogen) atoms. The number of aromatic hydroxyl groups is 1. The number of imidazole rings is 1. The molecule has 5 rings (SSSR count). The van der Waals surface area contributed by atoms with E-state index in [1.807, 2.05) is 13.2 Å². The van der Waals surface area contributed by atoms with Crippen LogP contribution in [0.2, 0.25) is 0 Å². The van der Waals surface area contributed by atoms with Crippen molar-refractivity contribution in [3.63, 3.8) is 0 Å². The van der Waals surface area contributed by atoms with Crippen molar-refractivity contribution in [3.8, 4) is 5.88 Å². The van der Waals surface area contributed by atoms with E-state index in [2.05, 4.69) is 40.4 Å². The molecular formula is C17H18N10O2. The zero-order chi connectivity index (χ0) is 20.0. The van der Waals surface area contributed by atoms with Gasteiger partial charge in [-0.05, 0) is 18.9 Å². The third-order valence-electron chi connectivity index (χ3n) is 4.47. The molecule has 4 aromatic heterocycles. The lowest BCUT2D eigenvalue weighted by Crippen LogP contribution is -2.24. The lowest BCUT2D eigenvalue weighted by molar-refractivity contribution is 0.454. The summed E-state index contributed by atoms with van der Waals surface area (Å²) in [6, 6.07) is 0.251. The minimum Gasteiger partial charge on any atom is -0.493 e. The van der Waals surface area contributed by atoms with Gasteiger partial charge in [-0.3, -0.25) is 9.67 Å². The molecule has 4 aromatic rings. The first-order valence-corrected chi connectivity index (χ1v) is 9.09. The van der Waals surface area contributed by atoms with Gasteiger partial charge in [-0.1, -0.05) is 0 Å². The lowest BCUT2D eigenvalue weighted by Gasteiger charge is -2.03. The summed E-state index contributed by atoms with van der Waals surface area (Å²) in [7, 11) is 1.85. The quantitative estimate of drug-likeness (QED) is 0.331. The number of nitrogens with zero attached hydrogens (tertiary/aromatic N) is 7. The molecule has 0 unspecified atom stereocenters. The van der Waals surface area contributed by atoms with Crippen LogP contribution in [0.25, 0.3) is 11.7 Å². The summed E-state index contributed by atoms with van der Waals surface area (Å²) < 4.78 is 3.28. The summed E-state index contributed by atoms with van der Waals surface area (Å²) >= 11 is 0. The number of hydrogen-bond donors (Lipinski definition) is 4. The molecule has 4 heterocycles. The van der Waals surface area contributed by atoms with Crippen molar-refractivity contribution in [2.75, 3.05) is 5.32 Å². The Morgan fingerprint density at radius 2 is 2.17 bits per heavy atom. The van der Waals surface area contributed by atoms with Crippen LogP contribution in [0.15, 0.2) is 28.4 Å². The molecule has 0 bridgehead atoms. The molecular weight excluding hydrogens is 376 g/mol. The van der Waals surface area contributed by atoms with Gasteiger partial charge in [0.25, 0.3) is 5.62 Å². The van der Waals surface area contributed by atoms with Crippen molar-refractivity contribution in [1.29, 1.82) is 0 Å². The number of hydrogen-bond acceptors (Lipinski definition) is 8. The topological polar surface area (TPSA) is 154 Å². The molecule has 148 valence electrons. The smallest absolute Gasteiger partial charge is 0.326 e. The molecule has 0 aliphatic heterocycles. The highest BCUT2D eigenvalue weighted by Gasteiger charge is 2.21. The maximum Gasteiger partial charge on any atom is 0.326 e. The van der Waals surface area contributed by atoms with E-state index in [0.29, 0.717) is 29.0 Å². The molecule has 0 radical (unpaired) electrons. The Balaban J connectivity index is 1.60. The van der Waals surface area contributed by atoms with Crippen molar-refractivity contribution in [2.45, 2.75) is 25.4 Å². The second kappa shape index (κ2) is 6.58. The molecule has 0 amide bonds. The lowest BCUT2D eigenvalue weighted by atomic mass is 10.3. The monoisotopic (exact) mass is 394 g/mol. The molecule has 12 nitrogen and oxygen atoms in total. The zero-order valence-corrected chi connectivity index (χ0v) is 15.5.